The second-order valence-corrected chi connectivity index (χ2v) is 6.19. The molecule has 0 fully saturated rings. The molecular formula is C14H10BrCl2N3. The zero-order chi connectivity index (χ0) is 14.4. The Morgan fingerprint density at radius 3 is 2.70 bits per heavy atom. The molecule has 1 aromatic heterocycles. The molecule has 1 heterocycles. The smallest absolute Gasteiger partial charge is 0.205 e. The van der Waals surface area contributed by atoms with Gasteiger partial charge in [0.2, 0.25) is 5.95 Å². The van der Waals surface area contributed by atoms with Gasteiger partial charge >= 0.3 is 0 Å². The summed E-state index contributed by atoms with van der Waals surface area (Å²) < 4.78 is 2.72. The maximum absolute atomic E-state index is 6.22. The first-order valence-corrected chi connectivity index (χ1v) is 7.42. The summed E-state index contributed by atoms with van der Waals surface area (Å²) in [4.78, 5) is 4.34. The van der Waals surface area contributed by atoms with E-state index in [4.69, 9.17) is 28.9 Å². The number of halogens is 3. The molecule has 2 aromatic carbocycles. The first-order valence-electron chi connectivity index (χ1n) is 5.87. The van der Waals surface area contributed by atoms with Crippen LogP contribution in [-0.2, 0) is 0 Å². The monoisotopic (exact) mass is 369 g/mol. The predicted octanol–water partition coefficient (Wildman–Crippen LogP) is 4.99. The minimum Gasteiger partial charge on any atom is -0.369 e. The third kappa shape index (κ3) is 2.18. The maximum Gasteiger partial charge on any atom is 0.205 e. The van der Waals surface area contributed by atoms with Gasteiger partial charge in [0.15, 0.2) is 0 Å². The summed E-state index contributed by atoms with van der Waals surface area (Å²) in [6.45, 7) is 1.95. The van der Waals surface area contributed by atoms with Crippen LogP contribution >= 0.6 is 39.1 Å². The Bertz CT molecular complexity index is 827. The number of anilines is 1. The highest BCUT2D eigenvalue weighted by Crippen LogP contribution is 2.33. The molecule has 2 N–H and O–H groups in total. The Kier molecular flexibility index (Phi) is 3.40. The molecule has 0 spiro atoms. The fraction of sp³-hybridized carbons (Fsp3) is 0.0714. The minimum atomic E-state index is 0.392. The highest BCUT2D eigenvalue weighted by Gasteiger charge is 2.14. The van der Waals surface area contributed by atoms with Crippen LogP contribution in [0.5, 0.6) is 0 Å². The van der Waals surface area contributed by atoms with Crippen LogP contribution in [0.1, 0.15) is 5.56 Å². The largest absolute Gasteiger partial charge is 0.369 e. The van der Waals surface area contributed by atoms with Gasteiger partial charge in [-0.3, -0.25) is 4.57 Å². The molecule has 0 aliphatic rings. The summed E-state index contributed by atoms with van der Waals surface area (Å²) in [6, 6.07) is 9.28. The van der Waals surface area contributed by atoms with Gasteiger partial charge in [0.1, 0.15) is 0 Å². The van der Waals surface area contributed by atoms with Crippen molar-refractivity contribution in [1.82, 2.24) is 9.55 Å². The van der Waals surface area contributed by atoms with E-state index in [1.165, 1.54) is 0 Å². The van der Waals surface area contributed by atoms with Gasteiger partial charge in [0.05, 0.1) is 16.7 Å². The average Bonchev–Trinajstić information content (AvgIpc) is 2.69. The summed E-state index contributed by atoms with van der Waals surface area (Å²) in [5.41, 5.74) is 9.49. The second kappa shape index (κ2) is 4.95. The quantitative estimate of drug-likeness (QED) is 0.656. The number of fused-ring (bicyclic) bond motifs is 1. The fourth-order valence-corrected chi connectivity index (χ4v) is 3.09. The minimum absolute atomic E-state index is 0.392. The number of benzene rings is 2. The van der Waals surface area contributed by atoms with Crippen LogP contribution in [0.15, 0.2) is 34.8 Å². The van der Waals surface area contributed by atoms with Crippen LogP contribution < -0.4 is 5.73 Å². The van der Waals surface area contributed by atoms with Crippen molar-refractivity contribution in [3.63, 3.8) is 0 Å². The normalized spacial score (nSPS) is 11.2. The van der Waals surface area contributed by atoms with E-state index in [0.29, 0.717) is 16.0 Å². The van der Waals surface area contributed by atoms with E-state index in [-0.39, 0.29) is 0 Å². The van der Waals surface area contributed by atoms with Crippen LogP contribution in [0.3, 0.4) is 0 Å². The Balaban J connectivity index is 2.37. The van der Waals surface area contributed by atoms with Gasteiger partial charge in [-0.05, 0) is 58.7 Å². The zero-order valence-electron chi connectivity index (χ0n) is 10.5. The van der Waals surface area contributed by atoms with E-state index in [9.17, 15) is 0 Å². The van der Waals surface area contributed by atoms with Crippen molar-refractivity contribution < 1.29 is 0 Å². The number of hydrogen-bond donors (Lipinski definition) is 1. The highest BCUT2D eigenvalue weighted by atomic mass is 79.9. The van der Waals surface area contributed by atoms with Gasteiger partial charge in [-0.25, -0.2) is 4.98 Å². The molecule has 3 aromatic rings. The Morgan fingerprint density at radius 2 is 1.95 bits per heavy atom. The Hall–Kier alpha value is -1.23. The molecule has 20 heavy (non-hydrogen) atoms. The van der Waals surface area contributed by atoms with Gasteiger partial charge in [-0.15, -0.1) is 0 Å². The Morgan fingerprint density at radius 1 is 1.20 bits per heavy atom. The van der Waals surface area contributed by atoms with Gasteiger partial charge in [0.25, 0.3) is 0 Å². The van der Waals surface area contributed by atoms with Crippen LogP contribution in [0.4, 0.5) is 5.95 Å². The summed E-state index contributed by atoms with van der Waals surface area (Å²) in [6.07, 6.45) is 0. The molecule has 0 saturated heterocycles. The van der Waals surface area contributed by atoms with Crippen molar-refractivity contribution in [1.29, 1.82) is 0 Å². The molecule has 0 saturated carbocycles. The van der Waals surface area contributed by atoms with Crippen LogP contribution in [0.25, 0.3) is 16.7 Å². The lowest BCUT2D eigenvalue weighted by Gasteiger charge is -2.11. The molecule has 3 nitrogen and oxygen atoms in total. The lowest BCUT2D eigenvalue weighted by molar-refractivity contribution is 1.10. The number of nitrogens with two attached hydrogens (primary N) is 1. The van der Waals surface area contributed by atoms with Crippen molar-refractivity contribution in [2.75, 3.05) is 5.73 Å². The zero-order valence-corrected chi connectivity index (χ0v) is 13.6. The predicted molar refractivity (Wildman–Crippen MR) is 87.9 cm³/mol. The van der Waals surface area contributed by atoms with Crippen LogP contribution in [0, 0.1) is 6.92 Å². The molecule has 0 aliphatic heterocycles. The molecule has 0 unspecified atom stereocenters. The summed E-state index contributed by atoms with van der Waals surface area (Å²) in [5, 5.41) is 1.31. The topological polar surface area (TPSA) is 43.8 Å². The van der Waals surface area contributed by atoms with Gasteiger partial charge in [-0.2, -0.15) is 0 Å². The third-order valence-corrected chi connectivity index (χ3v) is 4.39. The van der Waals surface area contributed by atoms with E-state index in [1.807, 2.05) is 35.8 Å². The lowest BCUT2D eigenvalue weighted by atomic mass is 10.2. The number of nitrogen functional groups attached to an aromatic ring is 1. The molecule has 0 aliphatic carbocycles. The van der Waals surface area contributed by atoms with E-state index in [2.05, 4.69) is 20.9 Å². The van der Waals surface area contributed by atoms with Crippen LogP contribution in [-0.4, -0.2) is 9.55 Å². The molecule has 3 rings (SSSR count). The lowest BCUT2D eigenvalue weighted by Crippen LogP contribution is -2.02. The average molecular weight is 371 g/mol. The summed E-state index contributed by atoms with van der Waals surface area (Å²) >= 11 is 15.8. The highest BCUT2D eigenvalue weighted by molar-refractivity contribution is 9.10. The van der Waals surface area contributed by atoms with E-state index in [1.54, 1.807) is 6.07 Å². The van der Waals surface area contributed by atoms with E-state index >= 15 is 0 Å². The van der Waals surface area contributed by atoms with Crippen molar-refractivity contribution in [3.8, 4) is 5.69 Å². The first-order chi connectivity index (χ1) is 9.47. The summed E-state index contributed by atoms with van der Waals surface area (Å²) in [7, 11) is 0. The second-order valence-electron chi connectivity index (χ2n) is 4.49. The van der Waals surface area contributed by atoms with E-state index < -0.39 is 0 Å². The number of rotatable bonds is 1. The molecular weight excluding hydrogens is 361 g/mol. The van der Waals surface area contributed by atoms with Crippen molar-refractivity contribution in [2.24, 2.45) is 0 Å². The maximum atomic E-state index is 6.22. The number of nitrogens with zero attached hydrogens (tertiary/aromatic N) is 2. The first kappa shape index (κ1) is 13.7. The number of aromatic nitrogens is 2. The van der Waals surface area contributed by atoms with Gasteiger partial charge < -0.3 is 5.73 Å². The molecule has 0 amide bonds. The fourth-order valence-electron chi connectivity index (χ4n) is 2.13. The van der Waals surface area contributed by atoms with Crippen molar-refractivity contribution >= 4 is 56.1 Å². The van der Waals surface area contributed by atoms with Gasteiger partial charge in [0, 0.05) is 14.5 Å². The van der Waals surface area contributed by atoms with Gasteiger partial charge in [-0.1, -0.05) is 23.2 Å². The SMILES string of the molecule is Cc1cc(Br)c(-n2c(N)nc3ccc(Cl)cc32)cc1Cl. The summed E-state index contributed by atoms with van der Waals surface area (Å²) in [5.74, 6) is 0.392. The van der Waals surface area contributed by atoms with Crippen molar-refractivity contribution in [2.45, 2.75) is 6.92 Å². The Labute approximate surface area is 134 Å². The molecule has 6 heteroatoms. The standard InChI is InChI=1S/C14H10BrCl2N3/c1-7-4-9(15)12(6-10(7)17)20-13-5-8(16)2-3-11(13)19-14(20)18/h2-6H,1H3,(H2,18,19). The third-order valence-electron chi connectivity index (χ3n) is 3.11. The van der Waals surface area contributed by atoms with Crippen molar-refractivity contribution in [3.05, 3.63) is 50.4 Å². The molecule has 0 radical (unpaired) electrons. The number of aryl methyl sites for hydroxylation is 1. The molecule has 0 atom stereocenters. The number of imidazole rings is 1. The molecule has 0 bridgehead atoms. The van der Waals surface area contributed by atoms with E-state index in [0.717, 1.165) is 26.8 Å². The van der Waals surface area contributed by atoms with Crippen LogP contribution in [0.2, 0.25) is 10.0 Å². The number of hydrogen-bond acceptors (Lipinski definition) is 2. The molecule has 102 valence electrons.